The average molecular weight is 389 g/mol. The summed E-state index contributed by atoms with van der Waals surface area (Å²) < 4.78 is 4.96. The fourth-order valence-electron chi connectivity index (χ4n) is 3.50. The molecule has 0 amide bonds. The lowest BCUT2D eigenvalue weighted by Crippen LogP contribution is -2.44. The van der Waals surface area contributed by atoms with E-state index in [0.29, 0.717) is 22.5 Å². The molecule has 138 valence electrons. The van der Waals surface area contributed by atoms with Crippen LogP contribution in [0, 0.1) is 11.8 Å². The lowest BCUT2D eigenvalue weighted by Gasteiger charge is -2.36. The highest BCUT2D eigenvalue weighted by Gasteiger charge is 2.25. The van der Waals surface area contributed by atoms with Crippen LogP contribution in [-0.2, 0) is 4.74 Å². The molecule has 0 bridgehead atoms. The van der Waals surface area contributed by atoms with Crippen molar-refractivity contribution in [2.45, 2.75) is 20.3 Å². The van der Waals surface area contributed by atoms with E-state index in [1.165, 1.54) is 24.9 Å². The van der Waals surface area contributed by atoms with Crippen molar-refractivity contribution >= 4 is 39.6 Å². The van der Waals surface area contributed by atoms with Crippen molar-refractivity contribution in [3.05, 3.63) is 42.0 Å². The highest BCUT2D eigenvalue weighted by molar-refractivity contribution is 7.80. The van der Waals surface area contributed by atoms with Gasteiger partial charge in [-0.15, -0.1) is 11.3 Å². The van der Waals surface area contributed by atoms with E-state index < -0.39 is 0 Å². The molecule has 1 saturated heterocycles. The van der Waals surface area contributed by atoms with Gasteiger partial charge in [0.05, 0.1) is 12.7 Å². The smallest absolute Gasteiger partial charge is 0.340 e. The number of piperidine rings is 1. The zero-order valence-corrected chi connectivity index (χ0v) is 17.0. The number of ether oxygens (including phenoxy) is 1. The molecular weight excluding hydrogens is 364 g/mol. The molecule has 1 aliphatic heterocycles. The van der Waals surface area contributed by atoms with Gasteiger partial charge in [-0.2, -0.15) is 0 Å². The normalized spacial score (nSPS) is 19.9. The number of thiocarbonyl (C=S) groups is 1. The Hall–Kier alpha value is -1.92. The third-order valence-corrected chi connectivity index (χ3v) is 6.03. The Morgan fingerprint density at radius 2 is 1.88 bits per heavy atom. The largest absolute Gasteiger partial charge is 0.465 e. The maximum atomic E-state index is 12.2. The minimum absolute atomic E-state index is 0.353. The van der Waals surface area contributed by atoms with Crippen LogP contribution in [0.3, 0.4) is 0 Å². The average Bonchev–Trinajstić information content (AvgIpc) is 3.04. The van der Waals surface area contributed by atoms with Crippen LogP contribution in [0.25, 0.3) is 10.4 Å². The van der Waals surface area contributed by atoms with Crippen LogP contribution in [0.1, 0.15) is 30.6 Å². The molecule has 1 aromatic carbocycles. The van der Waals surface area contributed by atoms with E-state index in [0.717, 1.165) is 28.5 Å². The van der Waals surface area contributed by atoms with Crippen molar-refractivity contribution < 1.29 is 9.53 Å². The summed E-state index contributed by atoms with van der Waals surface area (Å²) in [5.74, 6) is 0.873. The summed E-state index contributed by atoms with van der Waals surface area (Å²) in [6.45, 7) is 6.40. The molecule has 6 heteroatoms. The molecule has 1 aliphatic rings. The second kappa shape index (κ2) is 8.18. The van der Waals surface area contributed by atoms with Gasteiger partial charge in [0.25, 0.3) is 0 Å². The molecule has 0 radical (unpaired) electrons. The number of likely N-dealkylation sites (tertiary alicyclic amines) is 1. The monoisotopic (exact) mass is 388 g/mol. The van der Waals surface area contributed by atoms with Gasteiger partial charge >= 0.3 is 5.97 Å². The van der Waals surface area contributed by atoms with E-state index in [1.54, 1.807) is 0 Å². The number of methoxy groups -OCH3 is 1. The number of hydrogen-bond donors (Lipinski definition) is 1. The number of anilines is 1. The minimum atomic E-state index is -0.353. The van der Waals surface area contributed by atoms with Crippen LogP contribution in [0.2, 0.25) is 0 Å². The quantitative estimate of drug-likeness (QED) is 0.600. The van der Waals surface area contributed by atoms with Crippen LogP contribution in [0.5, 0.6) is 0 Å². The summed E-state index contributed by atoms with van der Waals surface area (Å²) >= 11 is 7.16. The topological polar surface area (TPSA) is 41.6 Å². The van der Waals surface area contributed by atoms with Gasteiger partial charge in [-0.05, 0) is 42.1 Å². The summed E-state index contributed by atoms with van der Waals surface area (Å²) in [6, 6.07) is 11.9. The first-order chi connectivity index (χ1) is 12.5. The van der Waals surface area contributed by atoms with E-state index in [9.17, 15) is 4.79 Å². The van der Waals surface area contributed by atoms with Gasteiger partial charge in [0, 0.05) is 18.0 Å². The summed E-state index contributed by atoms with van der Waals surface area (Å²) in [4.78, 5) is 15.4. The molecule has 1 N–H and O–H groups in total. The zero-order valence-electron chi connectivity index (χ0n) is 15.3. The van der Waals surface area contributed by atoms with Crippen LogP contribution in [0.15, 0.2) is 36.4 Å². The Kier molecular flexibility index (Phi) is 5.94. The number of benzene rings is 1. The van der Waals surface area contributed by atoms with Gasteiger partial charge in [0.15, 0.2) is 5.11 Å². The van der Waals surface area contributed by atoms with Crippen molar-refractivity contribution in [2.24, 2.45) is 11.8 Å². The summed E-state index contributed by atoms with van der Waals surface area (Å²) in [5, 5.41) is 4.72. The second-order valence-corrected chi connectivity index (χ2v) is 8.43. The standard InChI is InChI=1S/C20H24N2O2S2/c1-13-9-14(2)12-22(11-13)20(25)21-18-16(19(23)24-3)10-17(26-18)15-7-5-4-6-8-15/h4-8,10,13-14H,9,11-12H2,1-3H3,(H,21,25)/t13-,14-/m1/s1. The molecule has 2 atom stereocenters. The molecule has 1 aromatic heterocycles. The molecule has 0 aliphatic carbocycles. The molecule has 2 heterocycles. The third kappa shape index (κ3) is 4.24. The molecule has 0 saturated carbocycles. The second-order valence-electron chi connectivity index (χ2n) is 6.99. The molecule has 26 heavy (non-hydrogen) atoms. The van der Waals surface area contributed by atoms with Crippen molar-refractivity contribution in [2.75, 3.05) is 25.5 Å². The van der Waals surface area contributed by atoms with E-state index in [-0.39, 0.29) is 5.97 Å². The Balaban J connectivity index is 1.85. The van der Waals surface area contributed by atoms with Crippen LogP contribution >= 0.6 is 23.6 Å². The number of rotatable bonds is 3. The van der Waals surface area contributed by atoms with Gasteiger partial charge in [0.1, 0.15) is 5.00 Å². The van der Waals surface area contributed by atoms with E-state index in [4.69, 9.17) is 17.0 Å². The third-order valence-electron chi connectivity index (χ3n) is 4.57. The molecular formula is C20H24N2O2S2. The van der Waals surface area contributed by atoms with Gasteiger partial charge in [-0.25, -0.2) is 4.79 Å². The van der Waals surface area contributed by atoms with Crippen LogP contribution < -0.4 is 5.32 Å². The summed E-state index contributed by atoms with van der Waals surface area (Å²) in [5.41, 5.74) is 1.60. The van der Waals surface area contributed by atoms with Crippen molar-refractivity contribution in [1.29, 1.82) is 0 Å². The van der Waals surface area contributed by atoms with Gasteiger partial charge in [-0.1, -0.05) is 44.2 Å². The summed E-state index contributed by atoms with van der Waals surface area (Å²) in [6.07, 6.45) is 1.23. The van der Waals surface area contributed by atoms with E-state index in [2.05, 4.69) is 24.1 Å². The molecule has 0 spiro atoms. The fourth-order valence-corrected chi connectivity index (χ4v) is 4.86. The Bertz CT molecular complexity index is 778. The molecule has 2 aromatic rings. The Labute approximate surface area is 164 Å². The lowest BCUT2D eigenvalue weighted by molar-refractivity contribution is 0.0602. The first-order valence-electron chi connectivity index (χ1n) is 8.81. The first kappa shape index (κ1) is 18.9. The predicted octanol–water partition coefficient (Wildman–Crippen LogP) is 4.88. The molecule has 0 unspecified atom stereocenters. The zero-order chi connectivity index (χ0) is 18.7. The highest BCUT2D eigenvalue weighted by Crippen LogP contribution is 2.36. The first-order valence-corrected chi connectivity index (χ1v) is 10.0. The van der Waals surface area contributed by atoms with Gasteiger partial charge in [-0.3, -0.25) is 0 Å². The molecule has 3 rings (SSSR count). The number of thiophene rings is 1. The molecule has 1 fully saturated rings. The van der Waals surface area contributed by atoms with Crippen LogP contribution in [0.4, 0.5) is 5.00 Å². The van der Waals surface area contributed by atoms with E-state index >= 15 is 0 Å². The van der Waals surface area contributed by atoms with Crippen LogP contribution in [-0.4, -0.2) is 36.2 Å². The number of carbonyl (C=O) groups is 1. The predicted molar refractivity (Wildman–Crippen MR) is 112 cm³/mol. The highest BCUT2D eigenvalue weighted by atomic mass is 32.1. The maximum absolute atomic E-state index is 12.2. The number of nitrogens with one attached hydrogen (secondary N) is 1. The van der Waals surface area contributed by atoms with Gasteiger partial charge in [0.2, 0.25) is 0 Å². The Morgan fingerprint density at radius 1 is 1.23 bits per heavy atom. The van der Waals surface area contributed by atoms with Crippen molar-refractivity contribution in [3.8, 4) is 10.4 Å². The SMILES string of the molecule is COC(=O)c1cc(-c2ccccc2)sc1NC(=S)N1C[C@H](C)C[C@@H](C)C1. The number of carbonyl (C=O) groups excluding carboxylic acids is 1. The lowest BCUT2D eigenvalue weighted by atomic mass is 9.92. The number of nitrogens with zero attached hydrogens (tertiary/aromatic N) is 1. The minimum Gasteiger partial charge on any atom is -0.465 e. The maximum Gasteiger partial charge on any atom is 0.340 e. The fraction of sp³-hybridized carbons (Fsp3) is 0.400. The van der Waals surface area contributed by atoms with Crippen molar-refractivity contribution in [1.82, 2.24) is 4.90 Å². The number of hydrogen-bond acceptors (Lipinski definition) is 4. The summed E-state index contributed by atoms with van der Waals surface area (Å²) in [7, 11) is 1.40. The van der Waals surface area contributed by atoms with Gasteiger partial charge < -0.3 is 15.0 Å². The Morgan fingerprint density at radius 3 is 2.50 bits per heavy atom. The molecule has 4 nitrogen and oxygen atoms in total. The van der Waals surface area contributed by atoms with Crippen molar-refractivity contribution in [3.63, 3.8) is 0 Å². The van der Waals surface area contributed by atoms with E-state index in [1.807, 2.05) is 36.4 Å². The number of esters is 1.